The summed E-state index contributed by atoms with van der Waals surface area (Å²) in [6, 6.07) is 0. The minimum Gasteiger partial charge on any atom is -0.381 e. The summed E-state index contributed by atoms with van der Waals surface area (Å²) < 4.78 is 5.92. The average Bonchev–Trinajstić information content (AvgIpc) is 3.28. The maximum absolute atomic E-state index is 12.1. The van der Waals surface area contributed by atoms with E-state index in [-0.39, 0.29) is 5.54 Å². The molecule has 1 spiro atoms. The number of carbonyl (C=O) groups excluding carboxylic acids is 1. The summed E-state index contributed by atoms with van der Waals surface area (Å²) in [5.41, 5.74) is 0.244. The summed E-state index contributed by atoms with van der Waals surface area (Å²) in [7, 11) is 2.23. The number of nitrogens with zero attached hydrogens (tertiary/aromatic N) is 2. The number of likely N-dealkylation sites (tertiary alicyclic amines) is 2. The molecule has 0 unspecified atom stereocenters. The van der Waals surface area contributed by atoms with Gasteiger partial charge in [-0.05, 0) is 57.5 Å². The van der Waals surface area contributed by atoms with Crippen LogP contribution in [-0.4, -0.2) is 61.1 Å². The Hall–Kier alpha value is -0.610. The van der Waals surface area contributed by atoms with Crippen molar-refractivity contribution in [1.29, 1.82) is 0 Å². The minimum atomic E-state index is 0.244. The van der Waals surface area contributed by atoms with E-state index in [0.717, 1.165) is 58.0 Å². The first-order valence-electron chi connectivity index (χ1n) is 9.20. The van der Waals surface area contributed by atoms with E-state index in [1.54, 1.807) is 0 Å². The zero-order valence-electron chi connectivity index (χ0n) is 14.4. The number of rotatable bonds is 7. The Morgan fingerprint density at radius 3 is 2.59 bits per heavy atom. The third-order valence-electron chi connectivity index (χ3n) is 5.82. The first-order chi connectivity index (χ1) is 10.6. The van der Waals surface area contributed by atoms with Crippen LogP contribution in [0.5, 0.6) is 0 Å². The van der Waals surface area contributed by atoms with Crippen molar-refractivity contribution < 1.29 is 9.53 Å². The summed E-state index contributed by atoms with van der Waals surface area (Å²) in [5, 5.41) is 0. The largest absolute Gasteiger partial charge is 0.381 e. The van der Waals surface area contributed by atoms with E-state index in [9.17, 15) is 4.79 Å². The number of piperidine rings is 1. The Kier molecular flexibility index (Phi) is 5.08. The summed E-state index contributed by atoms with van der Waals surface area (Å²) in [6.45, 7) is 7.06. The molecule has 2 saturated heterocycles. The lowest BCUT2D eigenvalue weighted by Gasteiger charge is -2.58. The molecule has 0 aromatic heterocycles. The maximum Gasteiger partial charge on any atom is 0.222 e. The third kappa shape index (κ3) is 3.65. The molecule has 1 aliphatic carbocycles. The normalized spacial score (nSPS) is 27.9. The number of ether oxygens (including phenoxy) is 1. The molecule has 4 nitrogen and oxygen atoms in total. The van der Waals surface area contributed by atoms with E-state index in [2.05, 4.69) is 23.8 Å². The fraction of sp³-hybridized carbons (Fsp3) is 0.944. The number of likely N-dealkylation sites (N-methyl/N-ethyl adjacent to an activating group) is 1. The first kappa shape index (κ1) is 16.3. The number of hydrogen-bond acceptors (Lipinski definition) is 3. The van der Waals surface area contributed by atoms with Crippen LogP contribution in [0.1, 0.15) is 51.9 Å². The average molecular weight is 308 g/mol. The van der Waals surface area contributed by atoms with E-state index < -0.39 is 0 Å². The molecule has 0 radical (unpaired) electrons. The number of amides is 1. The highest BCUT2D eigenvalue weighted by molar-refractivity contribution is 5.77. The molecular formula is C18H32N2O2. The summed E-state index contributed by atoms with van der Waals surface area (Å²) in [4.78, 5) is 16.7. The van der Waals surface area contributed by atoms with E-state index in [4.69, 9.17) is 4.74 Å². The lowest BCUT2D eigenvalue weighted by Crippen LogP contribution is -2.72. The SMILES string of the molecule is CCCCC(=O)N1CC2(C[C@@H](COCC3CC3)CCN2C)C1. The fourth-order valence-electron chi connectivity index (χ4n) is 3.93. The van der Waals surface area contributed by atoms with Crippen molar-refractivity contribution in [2.24, 2.45) is 11.8 Å². The lowest BCUT2D eigenvalue weighted by atomic mass is 9.75. The molecule has 0 aromatic carbocycles. The van der Waals surface area contributed by atoms with Gasteiger partial charge in [0.25, 0.3) is 0 Å². The van der Waals surface area contributed by atoms with Gasteiger partial charge in [0.2, 0.25) is 5.91 Å². The highest BCUT2D eigenvalue weighted by atomic mass is 16.5. The van der Waals surface area contributed by atoms with Crippen LogP contribution < -0.4 is 0 Å². The van der Waals surface area contributed by atoms with Crippen molar-refractivity contribution in [3.8, 4) is 0 Å². The van der Waals surface area contributed by atoms with Crippen molar-refractivity contribution in [2.75, 3.05) is 39.9 Å². The highest BCUT2D eigenvalue weighted by Crippen LogP contribution is 2.39. The van der Waals surface area contributed by atoms with Crippen molar-refractivity contribution in [1.82, 2.24) is 9.80 Å². The minimum absolute atomic E-state index is 0.244. The van der Waals surface area contributed by atoms with Crippen LogP contribution in [0.3, 0.4) is 0 Å². The summed E-state index contributed by atoms with van der Waals surface area (Å²) in [5.74, 6) is 1.89. The Morgan fingerprint density at radius 1 is 1.18 bits per heavy atom. The van der Waals surface area contributed by atoms with Crippen LogP contribution in [0.4, 0.5) is 0 Å². The molecule has 2 heterocycles. The smallest absolute Gasteiger partial charge is 0.222 e. The first-order valence-corrected chi connectivity index (χ1v) is 9.20. The van der Waals surface area contributed by atoms with Crippen molar-refractivity contribution >= 4 is 5.91 Å². The Labute approximate surface area is 135 Å². The predicted molar refractivity (Wildman–Crippen MR) is 87.7 cm³/mol. The Bertz CT molecular complexity index is 389. The number of hydrogen-bond donors (Lipinski definition) is 0. The van der Waals surface area contributed by atoms with E-state index >= 15 is 0 Å². The zero-order chi connectivity index (χ0) is 15.6. The molecule has 2 aliphatic heterocycles. The van der Waals surface area contributed by atoms with Crippen LogP contribution in [0.25, 0.3) is 0 Å². The van der Waals surface area contributed by atoms with Gasteiger partial charge in [-0.2, -0.15) is 0 Å². The molecule has 0 aromatic rings. The predicted octanol–water partition coefficient (Wildman–Crippen LogP) is 2.53. The van der Waals surface area contributed by atoms with Crippen molar-refractivity contribution in [3.05, 3.63) is 0 Å². The second-order valence-electron chi connectivity index (χ2n) is 7.84. The summed E-state index contributed by atoms with van der Waals surface area (Å²) >= 11 is 0. The van der Waals surface area contributed by atoms with Gasteiger partial charge in [-0.1, -0.05) is 13.3 Å². The van der Waals surface area contributed by atoms with Crippen LogP contribution in [0, 0.1) is 11.8 Å². The second-order valence-corrected chi connectivity index (χ2v) is 7.84. The molecule has 22 heavy (non-hydrogen) atoms. The molecule has 4 heteroatoms. The van der Waals surface area contributed by atoms with Crippen LogP contribution >= 0.6 is 0 Å². The van der Waals surface area contributed by atoms with Gasteiger partial charge in [0.05, 0.1) is 5.54 Å². The van der Waals surface area contributed by atoms with Crippen LogP contribution in [0.15, 0.2) is 0 Å². The second kappa shape index (κ2) is 6.88. The molecule has 1 atom stereocenters. The van der Waals surface area contributed by atoms with E-state index in [1.807, 2.05) is 0 Å². The van der Waals surface area contributed by atoms with Gasteiger partial charge >= 0.3 is 0 Å². The molecule has 3 aliphatic rings. The summed E-state index contributed by atoms with van der Waals surface area (Å²) in [6.07, 6.45) is 8.03. The van der Waals surface area contributed by atoms with Crippen LogP contribution in [-0.2, 0) is 9.53 Å². The van der Waals surface area contributed by atoms with Gasteiger partial charge in [-0.3, -0.25) is 9.69 Å². The zero-order valence-corrected chi connectivity index (χ0v) is 14.4. The molecule has 126 valence electrons. The van der Waals surface area contributed by atoms with Crippen molar-refractivity contribution in [2.45, 2.75) is 57.4 Å². The quantitative estimate of drug-likeness (QED) is 0.724. The third-order valence-corrected chi connectivity index (χ3v) is 5.82. The fourth-order valence-corrected chi connectivity index (χ4v) is 3.93. The van der Waals surface area contributed by atoms with Gasteiger partial charge in [0.1, 0.15) is 0 Å². The lowest BCUT2D eigenvalue weighted by molar-refractivity contribution is -0.151. The Morgan fingerprint density at radius 2 is 1.91 bits per heavy atom. The van der Waals surface area contributed by atoms with Crippen molar-refractivity contribution in [3.63, 3.8) is 0 Å². The van der Waals surface area contributed by atoms with Gasteiger partial charge < -0.3 is 9.64 Å². The molecule has 3 rings (SSSR count). The maximum atomic E-state index is 12.1. The molecule has 0 N–H and O–H groups in total. The topological polar surface area (TPSA) is 32.8 Å². The van der Waals surface area contributed by atoms with Gasteiger partial charge in [-0.15, -0.1) is 0 Å². The standard InChI is InChI=1S/C18H32N2O2/c1-3-4-5-17(21)20-13-18(14-20)10-16(8-9-19(18)2)12-22-11-15-6-7-15/h15-16H,3-14H2,1-2H3/t16-/m0/s1. The van der Waals surface area contributed by atoms with Gasteiger partial charge in [-0.25, -0.2) is 0 Å². The van der Waals surface area contributed by atoms with Crippen LogP contribution in [0.2, 0.25) is 0 Å². The molecule has 1 amide bonds. The van der Waals surface area contributed by atoms with Gasteiger partial charge in [0, 0.05) is 32.7 Å². The number of carbonyl (C=O) groups is 1. The van der Waals surface area contributed by atoms with E-state index in [0.29, 0.717) is 11.8 Å². The van der Waals surface area contributed by atoms with E-state index in [1.165, 1.54) is 25.7 Å². The number of unbranched alkanes of at least 4 members (excludes halogenated alkanes) is 1. The van der Waals surface area contributed by atoms with Gasteiger partial charge in [0.15, 0.2) is 0 Å². The molecule has 0 bridgehead atoms. The molecular weight excluding hydrogens is 276 g/mol. The molecule has 1 saturated carbocycles. The highest BCUT2D eigenvalue weighted by Gasteiger charge is 2.50. The Balaban J connectivity index is 1.44. The monoisotopic (exact) mass is 308 g/mol. The molecule has 3 fully saturated rings.